The Morgan fingerprint density at radius 2 is 2.06 bits per heavy atom. The lowest BCUT2D eigenvalue weighted by Gasteiger charge is -2.36. The van der Waals surface area contributed by atoms with Crippen molar-refractivity contribution in [2.75, 3.05) is 11.9 Å². The zero-order valence-corrected chi connectivity index (χ0v) is 11.3. The van der Waals surface area contributed by atoms with Crippen molar-refractivity contribution < 1.29 is 4.39 Å². The standard InChI is InChI=1S/C13H22FN3/c1-9(13(2,3)4)17(5)12-11(14)10(8-15)6-7-16-12/h6-7,9H,8,15H2,1-5H3. The molecular formula is C13H22FN3. The number of nitrogens with two attached hydrogens (primary N) is 1. The normalized spacial score (nSPS) is 13.6. The van der Waals surface area contributed by atoms with Gasteiger partial charge in [-0.15, -0.1) is 0 Å². The summed E-state index contributed by atoms with van der Waals surface area (Å²) in [5.74, 6) is 0.0592. The highest BCUT2D eigenvalue weighted by Crippen LogP contribution is 2.28. The molecular weight excluding hydrogens is 217 g/mol. The number of pyridine rings is 1. The maximum absolute atomic E-state index is 14.1. The average Bonchev–Trinajstić information content (AvgIpc) is 2.26. The minimum atomic E-state index is -0.311. The van der Waals surface area contributed by atoms with Gasteiger partial charge in [-0.3, -0.25) is 0 Å². The van der Waals surface area contributed by atoms with E-state index in [0.717, 1.165) is 0 Å². The van der Waals surface area contributed by atoms with Gasteiger partial charge in [0.15, 0.2) is 11.6 Å². The van der Waals surface area contributed by atoms with Crippen molar-refractivity contribution in [1.82, 2.24) is 4.98 Å². The van der Waals surface area contributed by atoms with Crippen LogP contribution in [0.3, 0.4) is 0 Å². The number of anilines is 1. The van der Waals surface area contributed by atoms with E-state index < -0.39 is 0 Å². The molecule has 0 saturated heterocycles. The van der Waals surface area contributed by atoms with E-state index >= 15 is 0 Å². The Bertz CT molecular complexity index is 385. The van der Waals surface area contributed by atoms with Crippen LogP contribution in [0.4, 0.5) is 10.2 Å². The van der Waals surface area contributed by atoms with Crippen LogP contribution < -0.4 is 10.6 Å². The first kappa shape index (κ1) is 13.9. The van der Waals surface area contributed by atoms with Crippen LogP contribution in [0.1, 0.15) is 33.3 Å². The molecule has 17 heavy (non-hydrogen) atoms. The summed E-state index contributed by atoms with van der Waals surface area (Å²) < 4.78 is 14.1. The molecule has 0 radical (unpaired) electrons. The molecule has 1 aromatic rings. The summed E-state index contributed by atoms with van der Waals surface area (Å²) in [6.45, 7) is 8.63. The molecule has 3 nitrogen and oxygen atoms in total. The van der Waals surface area contributed by atoms with Gasteiger partial charge >= 0.3 is 0 Å². The van der Waals surface area contributed by atoms with Crippen molar-refractivity contribution in [2.45, 2.75) is 40.3 Å². The Balaban J connectivity index is 3.08. The lowest BCUT2D eigenvalue weighted by atomic mass is 9.87. The number of rotatable bonds is 3. The molecule has 0 amide bonds. The molecule has 1 rings (SSSR count). The predicted octanol–water partition coefficient (Wildman–Crippen LogP) is 2.55. The number of aromatic nitrogens is 1. The van der Waals surface area contributed by atoms with Crippen LogP contribution in [0.25, 0.3) is 0 Å². The maximum atomic E-state index is 14.1. The van der Waals surface area contributed by atoms with Gasteiger partial charge in [0.05, 0.1) is 0 Å². The second-order valence-corrected chi connectivity index (χ2v) is 5.46. The molecule has 0 fully saturated rings. The first-order valence-corrected chi connectivity index (χ1v) is 5.85. The SMILES string of the molecule is CC(N(C)c1nccc(CN)c1F)C(C)(C)C. The molecule has 0 spiro atoms. The predicted molar refractivity (Wildman–Crippen MR) is 69.4 cm³/mol. The summed E-state index contributed by atoms with van der Waals surface area (Å²) in [6.07, 6.45) is 1.60. The third-order valence-corrected chi connectivity index (χ3v) is 3.34. The Morgan fingerprint density at radius 3 is 2.53 bits per heavy atom. The van der Waals surface area contributed by atoms with Crippen LogP contribution >= 0.6 is 0 Å². The first-order chi connectivity index (χ1) is 7.79. The summed E-state index contributed by atoms with van der Waals surface area (Å²) >= 11 is 0. The summed E-state index contributed by atoms with van der Waals surface area (Å²) in [6, 6.07) is 1.80. The highest BCUT2D eigenvalue weighted by molar-refractivity contribution is 5.43. The molecule has 4 heteroatoms. The zero-order valence-electron chi connectivity index (χ0n) is 11.3. The molecule has 2 N–H and O–H groups in total. The van der Waals surface area contributed by atoms with Crippen molar-refractivity contribution in [1.29, 1.82) is 0 Å². The molecule has 1 unspecified atom stereocenters. The van der Waals surface area contributed by atoms with Crippen molar-refractivity contribution >= 4 is 5.82 Å². The van der Waals surface area contributed by atoms with E-state index in [4.69, 9.17) is 5.73 Å². The van der Waals surface area contributed by atoms with Gasteiger partial charge in [-0.2, -0.15) is 0 Å². The van der Waals surface area contributed by atoms with E-state index in [1.54, 1.807) is 12.3 Å². The van der Waals surface area contributed by atoms with Gasteiger partial charge in [0, 0.05) is 31.4 Å². The van der Waals surface area contributed by atoms with Crippen LogP contribution in [0, 0.1) is 11.2 Å². The average molecular weight is 239 g/mol. The van der Waals surface area contributed by atoms with E-state index in [-0.39, 0.29) is 23.8 Å². The fourth-order valence-electron chi connectivity index (χ4n) is 1.64. The molecule has 0 saturated carbocycles. The molecule has 0 bridgehead atoms. The van der Waals surface area contributed by atoms with Crippen molar-refractivity contribution in [3.63, 3.8) is 0 Å². The van der Waals surface area contributed by atoms with Crippen LogP contribution in [-0.2, 0) is 6.54 Å². The monoisotopic (exact) mass is 239 g/mol. The summed E-state index contributed by atoms with van der Waals surface area (Å²) in [7, 11) is 1.86. The first-order valence-electron chi connectivity index (χ1n) is 5.85. The highest BCUT2D eigenvalue weighted by atomic mass is 19.1. The molecule has 0 aliphatic heterocycles. The largest absolute Gasteiger partial charge is 0.354 e. The molecule has 0 aliphatic rings. The number of nitrogens with zero attached hydrogens (tertiary/aromatic N) is 2. The minimum absolute atomic E-state index is 0.0571. The second kappa shape index (κ2) is 5.00. The van der Waals surface area contributed by atoms with E-state index in [0.29, 0.717) is 11.4 Å². The fourth-order valence-corrected chi connectivity index (χ4v) is 1.64. The maximum Gasteiger partial charge on any atom is 0.170 e. The van der Waals surface area contributed by atoms with Gasteiger partial charge < -0.3 is 10.6 Å². The molecule has 0 aliphatic carbocycles. The number of hydrogen-bond acceptors (Lipinski definition) is 3. The van der Waals surface area contributed by atoms with Crippen LogP contribution in [0.5, 0.6) is 0 Å². The smallest absolute Gasteiger partial charge is 0.170 e. The van der Waals surface area contributed by atoms with Gasteiger partial charge in [-0.1, -0.05) is 20.8 Å². The lowest BCUT2D eigenvalue weighted by Crippen LogP contribution is -2.40. The van der Waals surface area contributed by atoms with Crippen LogP contribution in [-0.4, -0.2) is 18.1 Å². The number of halogens is 1. The Hall–Kier alpha value is -1.16. The minimum Gasteiger partial charge on any atom is -0.354 e. The Kier molecular flexibility index (Phi) is 4.09. The zero-order chi connectivity index (χ0) is 13.2. The highest BCUT2D eigenvalue weighted by Gasteiger charge is 2.26. The van der Waals surface area contributed by atoms with E-state index in [1.165, 1.54) is 0 Å². The van der Waals surface area contributed by atoms with Gasteiger partial charge in [0.1, 0.15) is 0 Å². The van der Waals surface area contributed by atoms with Gasteiger partial charge in [0.25, 0.3) is 0 Å². The van der Waals surface area contributed by atoms with Crippen LogP contribution in [0.15, 0.2) is 12.3 Å². The Labute approximate surface area is 103 Å². The summed E-state index contributed by atoms with van der Waals surface area (Å²) in [5, 5.41) is 0. The Morgan fingerprint density at radius 1 is 1.47 bits per heavy atom. The van der Waals surface area contributed by atoms with E-state index in [2.05, 4.69) is 32.7 Å². The topological polar surface area (TPSA) is 42.2 Å². The quantitative estimate of drug-likeness (QED) is 0.881. The molecule has 1 atom stereocenters. The molecule has 1 heterocycles. The third kappa shape index (κ3) is 2.94. The second-order valence-electron chi connectivity index (χ2n) is 5.46. The van der Waals surface area contributed by atoms with E-state index in [1.807, 2.05) is 11.9 Å². The third-order valence-electron chi connectivity index (χ3n) is 3.34. The summed E-state index contributed by atoms with van der Waals surface area (Å²) in [4.78, 5) is 5.99. The lowest BCUT2D eigenvalue weighted by molar-refractivity contribution is 0.326. The van der Waals surface area contributed by atoms with Crippen molar-refractivity contribution in [3.05, 3.63) is 23.6 Å². The van der Waals surface area contributed by atoms with Crippen molar-refractivity contribution in [2.24, 2.45) is 11.1 Å². The molecule has 0 aromatic carbocycles. The van der Waals surface area contributed by atoms with Gasteiger partial charge in [0.2, 0.25) is 0 Å². The molecule has 1 aromatic heterocycles. The van der Waals surface area contributed by atoms with Gasteiger partial charge in [-0.05, 0) is 18.4 Å². The van der Waals surface area contributed by atoms with Gasteiger partial charge in [-0.25, -0.2) is 9.37 Å². The summed E-state index contributed by atoms with van der Waals surface area (Å²) in [5.41, 5.74) is 6.06. The fraction of sp³-hybridized carbons (Fsp3) is 0.615. The molecule has 96 valence electrons. The van der Waals surface area contributed by atoms with E-state index in [9.17, 15) is 4.39 Å². The van der Waals surface area contributed by atoms with Crippen molar-refractivity contribution in [3.8, 4) is 0 Å². The number of hydrogen-bond donors (Lipinski definition) is 1. The van der Waals surface area contributed by atoms with Crippen LogP contribution in [0.2, 0.25) is 0 Å².